The molecule has 0 aliphatic rings. The Bertz CT molecular complexity index is 347. The fourth-order valence-corrected chi connectivity index (χ4v) is 2.17. The molecule has 0 amide bonds. The van der Waals surface area contributed by atoms with Crippen LogP contribution in [0.3, 0.4) is 0 Å². The third-order valence-corrected chi connectivity index (χ3v) is 3.70. The molecule has 0 rings (SSSR count). The summed E-state index contributed by atoms with van der Waals surface area (Å²) in [7, 11) is 0. The van der Waals surface area contributed by atoms with E-state index in [9.17, 15) is 9.59 Å². The predicted octanol–water partition coefficient (Wildman–Crippen LogP) is 2.36. The van der Waals surface area contributed by atoms with Gasteiger partial charge in [0, 0.05) is 0 Å². The van der Waals surface area contributed by atoms with Gasteiger partial charge in [-0.1, -0.05) is 38.2 Å². The minimum absolute atomic E-state index is 0.376. The highest BCUT2D eigenvalue weighted by atomic mass is 16.5. The van der Waals surface area contributed by atoms with Crippen molar-refractivity contribution < 1.29 is 19.4 Å². The molecule has 134 valence electrons. The van der Waals surface area contributed by atoms with Crippen LogP contribution in [0, 0.1) is 0 Å². The van der Waals surface area contributed by atoms with E-state index in [4.69, 9.17) is 21.3 Å². The van der Waals surface area contributed by atoms with Crippen LogP contribution in [0.1, 0.15) is 64.2 Å². The van der Waals surface area contributed by atoms with Crippen molar-refractivity contribution >= 4 is 11.9 Å². The van der Waals surface area contributed by atoms with Crippen LogP contribution in [0.25, 0.3) is 0 Å². The van der Waals surface area contributed by atoms with Gasteiger partial charge in [-0.15, -0.1) is 6.58 Å². The lowest BCUT2D eigenvalue weighted by Gasteiger charge is -2.12. The SMILES string of the molecule is C=CCCCCCCCOC(=O)[C@@H](N)CCCC[C@H](N)C(=O)O. The maximum absolute atomic E-state index is 11.7. The first-order valence-electron chi connectivity index (χ1n) is 8.50. The van der Waals surface area contributed by atoms with Crippen molar-refractivity contribution in [3.8, 4) is 0 Å². The lowest BCUT2D eigenvalue weighted by Crippen LogP contribution is -2.33. The molecule has 0 unspecified atom stereocenters. The molecule has 0 saturated heterocycles. The number of carbonyl (C=O) groups excluding carboxylic acids is 1. The van der Waals surface area contributed by atoms with Gasteiger partial charge in [-0.25, -0.2) is 0 Å². The van der Waals surface area contributed by atoms with Crippen molar-refractivity contribution in [1.82, 2.24) is 0 Å². The van der Waals surface area contributed by atoms with E-state index in [1.807, 2.05) is 6.08 Å². The van der Waals surface area contributed by atoms with Gasteiger partial charge < -0.3 is 21.3 Å². The monoisotopic (exact) mass is 328 g/mol. The Labute approximate surface area is 139 Å². The zero-order valence-corrected chi connectivity index (χ0v) is 14.0. The molecule has 23 heavy (non-hydrogen) atoms. The molecule has 0 aromatic carbocycles. The molecule has 0 fully saturated rings. The second kappa shape index (κ2) is 14.2. The molecule has 0 spiro atoms. The van der Waals surface area contributed by atoms with E-state index in [2.05, 4.69) is 6.58 Å². The van der Waals surface area contributed by atoms with E-state index in [0.29, 0.717) is 32.3 Å². The van der Waals surface area contributed by atoms with Crippen molar-refractivity contribution in [3.05, 3.63) is 12.7 Å². The van der Waals surface area contributed by atoms with Crippen LogP contribution in [0.5, 0.6) is 0 Å². The van der Waals surface area contributed by atoms with Crippen LogP contribution in [0.4, 0.5) is 0 Å². The van der Waals surface area contributed by atoms with Crippen LogP contribution >= 0.6 is 0 Å². The van der Waals surface area contributed by atoms with E-state index in [1.54, 1.807) is 0 Å². The number of hydrogen-bond donors (Lipinski definition) is 3. The van der Waals surface area contributed by atoms with E-state index < -0.39 is 18.1 Å². The maximum atomic E-state index is 11.7. The summed E-state index contributed by atoms with van der Waals surface area (Å²) in [6.45, 7) is 4.10. The van der Waals surface area contributed by atoms with Gasteiger partial charge in [-0.3, -0.25) is 9.59 Å². The molecular weight excluding hydrogens is 296 g/mol. The molecule has 0 aromatic heterocycles. The third-order valence-electron chi connectivity index (χ3n) is 3.70. The largest absolute Gasteiger partial charge is 0.480 e. The number of nitrogens with two attached hydrogens (primary N) is 2. The zero-order valence-electron chi connectivity index (χ0n) is 14.0. The van der Waals surface area contributed by atoms with E-state index >= 15 is 0 Å². The Morgan fingerprint density at radius 2 is 1.52 bits per heavy atom. The zero-order chi connectivity index (χ0) is 17.5. The summed E-state index contributed by atoms with van der Waals surface area (Å²) >= 11 is 0. The molecule has 0 saturated carbocycles. The van der Waals surface area contributed by atoms with Crippen LogP contribution in [0.15, 0.2) is 12.7 Å². The highest BCUT2D eigenvalue weighted by molar-refractivity contribution is 5.75. The predicted molar refractivity (Wildman–Crippen MR) is 90.9 cm³/mol. The second-order valence-corrected chi connectivity index (χ2v) is 5.85. The minimum Gasteiger partial charge on any atom is -0.480 e. The number of unbranched alkanes of at least 4 members (excludes halogenated alkanes) is 6. The summed E-state index contributed by atoms with van der Waals surface area (Å²) in [5.74, 6) is -1.38. The third kappa shape index (κ3) is 12.8. The van der Waals surface area contributed by atoms with Gasteiger partial charge in [0.2, 0.25) is 0 Å². The first-order valence-corrected chi connectivity index (χ1v) is 8.50. The number of carbonyl (C=O) groups is 2. The Morgan fingerprint density at radius 3 is 2.13 bits per heavy atom. The molecule has 6 heteroatoms. The highest BCUT2D eigenvalue weighted by Crippen LogP contribution is 2.08. The van der Waals surface area contributed by atoms with Crippen LogP contribution in [-0.4, -0.2) is 35.7 Å². The fraction of sp³-hybridized carbons (Fsp3) is 0.765. The normalized spacial score (nSPS) is 13.3. The number of allylic oxidation sites excluding steroid dienone is 1. The topological polar surface area (TPSA) is 116 Å². The summed E-state index contributed by atoms with van der Waals surface area (Å²) in [6.07, 6.45) is 10.6. The molecule has 0 aliphatic carbocycles. The second-order valence-electron chi connectivity index (χ2n) is 5.85. The number of carboxylic acids is 1. The van der Waals surface area contributed by atoms with Gasteiger partial charge in [0.25, 0.3) is 0 Å². The van der Waals surface area contributed by atoms with Gasteiger partial charge in [-0.2, -0.15) is 0 Å². The van der Waals surface area contributed by atoms with Crippen molar-refractivity contribution in [1.29, 1.82) is 0 Å². The summed E-state index contributed by atoms with van der Waals surface area (Å²) in [5.41, 5.74) is 11.2. The minimum atomic E-state index is -1.00. The number of aliphatic carboxylic acids is 1. The summed E-state index contributed by atoms with van der Waals surface area (Å²) in [6, 6.07) is -1.48. The van der Waals surface area contributed by atoms with Gasteiger partial charge in [0.15, 0.2) is 0 Å². The standard InChI is InChI=1S/C17H32N2O4/c1-2-3-4-5-6-7-10-13-23-17(22)15(19)12-9-8-11-14(18)16(20)21/h2,14-15H,1,3-13,18-19H2,(H,20,21)/t14-,15-/m0/s1. The van der Waals surface area contributed by atoms with Crippen molar-refractivity contribution in [2.45, 2.75) is 76.3 Å². The van der Waals surface area contributed by atoms with Gasteiger partial charge in [0.05, 0.1) is 6.61 Å². The summed E-state index contributed by atoms with van der Waals surface area (Å²) in [5, 5.41) is 8.65. The number of esters is 1. The number of rotatable bonds is 15. The van der Waals surface area contributed by atoms with Gasteiger partial charge >= 0.3 is 11.9 Å². The quantitative estimate of drug-likeness (QED) is 0.241. The Kier molecular flexibility index (Phi) is 13.3. The highest BCUT2D eigenvalue weighted by Gasteiger charge is 2.15. The van der Waals surface area contributed by atoms with E-state index in [0.717, 1.165) is 25.7 Å². The smallest absolute Gasteiger partial charge is 0.322 e. The average Bonchev–Trinajstić information content (AvgIpc) is 2.53. The molecule has 0 aliphatic heterocycles. The lowest BCUT2D eigenvalue weighted by molar-refractivity contribution is -0.145. The Morgan fingerprint density at radius 1 is 0.957 bits per heavy atom. The van der Waals surface area contributed by atoms with Crippen molar-refractivity contribution in [3.63, 3.8) is 0 Å². The Hall–Kier alpha value is -1.40. The number of ether oxygens (including phenoxy) is 1. The molecule has 0 heterocycles. The fourth-order valence-electron chi connectivity index (χ4n) is 2.17. The van der Waals surface area contributed by atoms with Crippen LogP contribution in [0.2, 0.25) is 0 Å². The average molecular weight is 328 g/mol. The van der Waals surface area contributed by atoms with Crippen molar-refractivity contribution in [2.24, 2.45) is 11.5 Å². The molecule has 0 radical (unpaired) electrons. The molecule has 5 N–H and O–H groups in total. The van der Waals surface area contributed by atoms with Crippen molar-refractivity contribution in [2.75, 3.05) is 6.61 Å². The number of carboxylic acid groups (broad SMARTS) is 1. The molecule has 6 nitrogen and oxygen atoms in total. The molecule has 0 aromatic rings. The first-order chi connectivity index (χ1) is 11.0. The van der Waals surface area contributed by atoms with Gasteiger partial charge in [0.1, 0.15) is 12.1 Å². The van der Waals surface area contributed by atoms with Gasteiger partial charge in [-0.05, 0) is 32.1 Å². The molecule has 0 bridgehead atoms. The molecule has 2 atom stereocenters. The maximum Gasteiger partial charge on any atom is 0.322 e. The van der Waals surface area contributed by atoms with Crippen LogP contribution < -0.4 is 11.5 Å². The summed E-state index contributed by atoms with van der Waals surface area (Å²) < 4.78 is 5.15. The van der Waals surface area contributed by atoms with E-state index in [1.165, 1.54) is 12.8 Å². The molecular formula is C17H32N2O4. The first kappa shape index (κ1) is 21.6. The Balaban J connectivity index is 3.51. The van der Waals surface area contributed by atoms with E-state index in [-0.39, 0.29) is 5.97 Å². The number of hydrogen-bond acceptors (Lipinski definition) is 5. The van der Waals surface area contributed by atoms with Crippen LogP contribution in [-0.2, 0) is 14.3 Å². The lowest BCUT2D eigenvalue weighted by atomic mass is 10.1. The summed E-state index contributed by atoms with van der Waals surface area (Å²) in [4.78, 5) is 22.2.